The molecular formula is C9H11N3. The largest absolute Gasteiger partial charge is 0.344 e. The molecule has 0 spiro atoms. The van der Waals surface area contributed by atoms with Crippen LogP contribution >= 0.6 is 0 Å². The second-order valence-electron chi connectivity index (χ2n) is 2.31. The van der Waals surface area contributed by atoms with E-state index in [0.29, 0.717) is 0 Å². The standard InChI is InChI=1S/C9H8N2.H3N/c1-2-4-9(5-3-1)11-7-6-10-8-11;/h1-8H;1H3. The first kappa shape index (κ1) is 8.49. The molecule has 0 unspecified atom stereocenters. The summed E-state index contributed by atoms with van der Waals surface area (Å²) in [5.41, 5.74) is 1.14. The molecule has 1 aromatic carbocycles. The van der Waals surface area contributed by atoms with Gasteiger partial charge in [0.25, 0.3) is 0 Å². The third kappa shape index (κ3) is 1.52. The van der Waals surface area contributed by atoms with E-state index < -0.39 is 0 Å². The fourth-order valence-electron chi connectivity index (χ4n) is 1.01. The maximum atomic E-state index is 3.96. The molecule has 0 aliphatic heterocycles. The first-order valence-corrected chi connectivity index (χ1v) is 3.50. The summed E-state index contributed by atoms with van der Waals surface area (Å²) in [6.07, 6.45) is 5.48. The molecule has 1 aromatic heterocycles. The Morgan fingerprint density at radius 1 is 1.08 bits per heavy atom. The molecule has 2 aromatic rings. The van der Waals surface area contributed by atoms with E-state index in [1.165, 1.54) is 0 Å². The molecule has 0 saturated carbocycles. The van der Waals surface area contributed by atoms with Gasteiger partial charge in [0.05, 0.1) is 6.33 Å². The van der Waals surface area contributed by atoms with Crippen molar-refractivity contribution < 1.29 is 0 Å². The highest BCUT2D eigenvalue weighted by atomic mass is 15.0. The summed E-state index contributed by atoms with van der Waals surface area (Å²) in [7, 11) is 0. The van der Waals surface area contributed by atoms with Crippen LogP contribution in [0.2, 0.25) is 0 Å². The first-order valence-electron chi connectivity index (χ1n) is 3.50. The minimum absolute atomic E-state index is 0. The number of rotatable bonds is 1. The zero-order valence-corrected chi connectivity index (χ0v) is 6.72. The van der Waals surface area contributed by atoms with Gasteiger partial charge in [-0.05, 0) is 12.1 Å². The monoisotopic (exact) mass is 161 g/mol. The summed E-state index contributed by atoms with van der Waals surface area (Å²) in [5.74, 6) is 0. The van der Waals surface area contributed by atoms with E-state index in [2.05, 4.69) is 4.98 Å². The SMILES string of the molecule is N.c1ccc(-n2ccnc2)cc1. The van der Waals surface area contributed by atoms with E-state index in [0.717, 1.165) is 5.69 Å². The highest BCUT2D eigenvalue weighted by Crippen LogP contribution is 2.04. The summed E-state index contributed by atoms with van der Waals surface area (Å²) in [5, 5.41) is 0. The van der Waals surface area contributed by atoms with Crippen molar-refractivity contribution in [3.05, 3.63) is 49.1 Å². The van der Waals surface area contributed by atoms with Crippen LogP contribution in [-0.2, 0) is 0 Å². The molecule has 0 bridgehead atoms. The number of hydrogen-bond acceptors (Lipinski definition) is 2. The summed E-state index contributed by atoms with van der Waals surface area (Å²) in [4.78, 5) is 3.96. The Morgan fingerprint density at radius 2 is 1.83 bits per heavy atom. The molecule has 0 atom stereocenters. The van der Waals surface area contributed by atoms with Crippen molar-refractivity contribution in [2.75, 3.05) is 0 Å². The number of benzene rings is 1. The molecule has 0 amide bonds. The smallest absolute Gasteiger partial charge is 0.0991 e. The quantitative estimate of drug-likeness (QED) is 0.695. The lowest BCUT2D eigenvalue weighted by Gasteiger charge is -1.98. The van der Waals surface area contributed by atoms with Crippen LogP contribution in [0.4, 0.5) is 0 Å². The first-order chi connectivity index (χ1) is 5.47. The number of nitrogens with zero attached hydrogens (tertiary/aromatic N) is 2. The van der Waals surface area contributed by atoms with Gasteiger partial charge in [-0.15, -0.1) is 0 Å². The van der Waals surface area contributed by atoms with Gasteiger partial charge in [-0.3, -0.25) is 0 Å². The third-order valence-electron chi connectivity index (χ3n) is 1.56. The normalized spacial score (nSPS) is 9.00. The van der Waals surface area contributed by atoms with E-state index in [-0.39, 0.29) is 6.15 Å². The fourth-order valence-corrected chi connectivity index (χ4v) is 1.01. The van der Waals surface area contributed by atoms with Gasteiger partial charge in [0.15, 0.2) is 0 Å². The lowest BCUT2D eigenvalue weighted by molar-refractivity contribution is 1.06. The zero-order chi connectivity index (χ0) is 7.52. The molecule has 62 valence electrons. The minimum Gasteiger partial charge on any atom is -0.344 e. The molecule has 1 heterocycles. The van der Waals surface area contributed by atoms with Crippen LogP contribution in [0.1, 0.15) is 0 Å². The van der Waals surface area contributed by atoms with Gasteiger partial charge >= 0.3 is 0 Å². The van der Waals surface area contributed by atoms with Crippen molar-refractivity contribution in [1.29, 1.82) is 0 Å². The lowest BCUT2D eigenvalue weighted by Crippen LogP contribution is -1.87. The Hall–Kier alpha value is -1.61. The fraction of sp³-hybridized carbons (Fsp3) is 0. The van der Waals surface area contributed by atoms with Crippen LogP contribution in [0.25, 0.3) is 5.69 Å². The minimum atomic E-state index is 0. The van der Waals surface area contributed by atoms with E-state index in [1.807, 2.05) is 41.1 Å². The van der Waals surface area contributed by atoms with Crippen molar-refractivity contribution in [2.45, 2.75) is 0 Å². The molecule has 0 radical (unpaired) electrons. The van der Waals surface area contributed by atoms with Gasteiger partial charge in [-0.1, -0.05) is 18.2 Å². The van der Waals surface area contributed by atoms with Crippen LogP contribution < -0.4 is 6.15 Å². The lowest BCUT2D eigenvalue weighted by atomic mass is 10.3. The Labute approximate surface area is 71.3 Å². The number of imidazole rings is 1. The van der Waals surface area contributed by atoms with Crippen LogP contribution in [0.5, 0.6) is 0 Å². The molecule has 0 saturated heterocycles. The van der Waals surface area contributed by atoms with Gasteiger partial charge in [-0.2, -0.15) is 0 Å². The topological polar surface area (TPSA) is 52.8 Å². The van der Waals surface area contributed by atoms with Crippen molar-refractivity contribution in [3.63, 3.8) is 0 Å². The predicted molar refractivity (Wildman–Crippen MR) is 48.6 cm³/mol. The van der Waals surface area contributed by atoms with E-state index >= 15 is 0 Å². The summed E-state index contributed by atoms with van der Waals surface area (Å²) < 4.78 is 1.97. The summed E-state index contributed by atoms with van der Waals surface area (Å²) in [6, 6.07) is 10.1. The molecule has 3 N–H and O–H groups in total. The van der Waals surface area contributed by atoms with Crippen LogP contribution in [0.3, 0.4) is 0 Å². The van der Waals surface area contributed by atoms with Crippen molar-refractivity contribution in [1.82, 2.24) is 15.7 Å². The summed E-state index contributed by atoms with van der Waals surface area (Å²) in [6.45, 7) is 0. The van der Waals surface area contributed by atoms with Gasteiger partial charge in [0, 0.05) is 18.1 Å². The Bertz CT molecular complexity index is 313. The Balaban J connectivity index is 0.000000720. The van der Waals surface area contributed by atoms with Gasteiger partial charge in [0.1, 0.15) is 0 Å². The second kappa shape index (κ2) is 3.69. The zero-order valence-electron chi connectivity index (χ0n) is 6.72. The Kier molecular flexibility index (Phi) is 2.61. The van der Waals surface area contributed by atoms with E-state index in [9.17, 15) is 0 Å². The number of para-hydroxylation sites is 1. The highest BCUT2D eigenvalue weighted by molar-refractivity contribution is 5.30. The highest BCUT2D eigenvalue weighted by Gasteiger charge is 1.89. The van der Waals surface area contributed by atoms with Crippen molar-refractivity contribution >= 4 is 0 Å². The third-order valence-corrected chi connectivity index (χ3v) is 1.56. The van der Waals surface area contributed by atoms with E-state index in [1.54, 1.807) is 12.5 Å². The Morgan fingerprint density at radius 3 is 2.42 bits per heavy atom. The number of hydrogen-bond donors (Lipinski definition) is 1. The van der Waals surface area contributed by atoms with Crippen LogP contribution in [0, 0.1) is 0 Å². The van der Waals surface area contributed by atoms with Gasteiger partial charge in [-0.25, -0.2) is 4.98 Å². The molecule has 0 aliphatic rings. The molecule has 0 aliphatic carbocycles. The molecule has 12 heavy (non-hydrogen) atoms. The summed E-state index contributed by atoms with van der Waals surface area (Å²) >= 11 is 0. The maximum Gasteiger partial charge on any atom is 0.0991 e. The second-order valence-corrected chi connectivity index (χ2v) is 2.31. The maximum absolute atomic E-state index is 3.96. The van der Waals surface area contributed by atoms with Gasteiger partial charge < -0.3 is 10.7 Å². The molecule has 3 nitrogen and oxygen atoms in total. The molecule has 2 rings (SSSR count). The molecule has 0 fully saturated rings. The van der Waals surface area contributed by atoms with Crippen molar-refractivity contribution in [3.8, 4) is 5.69 Å². The van der Waals surface area contributed by atoms with Crippen molar-refractivity contribution in [2.24, 2.45) is 0 Å². The van der Waals surface area contributed by atoms with Crippen LogP contribution in [0.15, 0.2) is 49.1 Å². The molecule has 3 heteroatoms. The predicted octanol–water partition coefficient (Wildman–Crippen LogP) is 2.03. The van der Waals surface area contributed by atoms with E-state index in [4.69, 9.17) is 0 Å². The average Bonchev–Trinajstić information content (AvgIpc) is 2.58. The number of aromatic nitrogens is 2. The molecular weight excluding hydrogens is 150 g/mol. The van der Waals surface area contributed by atoms with Gasteiger partial charge in [0.2, 0.25) is 0 Å². The van der Waals surface area contributed by atoms with Crippen LogP contribution in [-0.4, -0.2) is 9.55 Å². The average molecular weight is 161 g/mol.